The molecule has 1 aromatic carbocycles. The SMILES string of the molecule is CC#N.CC1CC2CC(C1)CC(C)(CC(N)=O)C2.CCCN(CCNC=O)Cc1ccccc1. The Bertz CT molecular complexity index is 729. The zero-order valence-electron chi connectivity index (χ0n) is 21.8. The van der Waals surface area contributed by atoms with E-state index in [0.29, 0.717) is 6.42 Å². The van der Waals surface area contributed by atoms with Crippen LogP contribution in [0, 0.1) is 34.5 Å². The first kappa shape index (κ1) is 29.6. The number of nitrogens with zero attached hydrogens (tertiary/aromatic N) is 2. The first-order valence-corrected chi connectivity index (χ1v) is 12.8. The molecule has 2 aliphatic rings. The van der Waals surface area contributed by atoms with Gasteiger partial charge in [-0.05, 0) is 73.8 Å². The van der Waals surface area contributed by atoms with Gasteiger partial charge in [0.05, 0.1) is 6.07 Å². The summed E-state index contributed by atoms with van der Waals surface area (Å²) in [6.45, 7) is 11.9. The number of fused-ring (bicyclic) bond motifs is 2. The molecule has 190 valence electrons. The molecule has 0 aliphatic heterocycles. The fourth-order valence-corrected chi connectivity index (χ4v) is 5.98. The Morgan fingerprint density at radius 2 is 1.79 bits per heavy atom. The average molecular weight is 471 g/mol. The second-order valence-corrected chi connectivity index (χ2v) is 10.5. The number of benzene rings is 1. The van der Waals surface area contributed by atoms with Gasteiger partial charge in [-0.25, -0.2) is 0 Å². The summed E-state index contributed by atoms with van der Waals surface area (Å²) in [4.78, 5) is 23.6. The van der Waals surface area contributed by atoms with E-state index in [9.17, 15) is 9.59 Å². The number of nitriles is 1. The normalized spacial score (nSPS) is 25.0. The summed E-state index contributed by atoms with van der Waals surface area (Å²) < 4.78 is 0. The zero-order valence-corrected chi connectivity index (χ0v) is 21.8. The topological polar surface area (TPSA) is 99.2 Å². The summed E-state index contributed by atoms with van der Waals surface area (Å²) in [7, 11) is 0. The molecule has 6 heteroatoms. The highest BCUT2D eigenvalue weighted by Crippen LogP contribution is 2.51. The molecule has 2 unspecified atom stereocenters. The van der Waals surface area contributed by atoms with Crippen LogP contribution in [0.4, 0.5) is 0 Å². The van der Waals surface area contributed by atoms with Crippen LogP contribution in [0.15, 0.2) is 30.3 Å². The monoisotopic (exact) mass is 470 g/mol. The molecule has 6 nitrogen and oxygen atoms in total. The van der Waals surface area contributed by atoms with Gasteiger partial charge >= 0.3 is 0 Å². The van der Waals surface area contributed by atoms with E-state index in [1.807, 2.05) is 6.07 Å². The van der Waals surface area contributed by atoms with Crippen LogP contribution in [0.5, 0.6) is 0 Å². The highest BCUT2D eigenvalue weighted by Gasteiger charge is 2.41. The molecule has 3 N–H and O–H groups in total. The minimum atomic E-state index is -0.120. The maximum absolute atomic E-state index is 11.1. The Morgan fingerprint density at radius 1 is 1.21 bits per heavy atom. The number of hydrogen-bond donors (Lipinski definition) is 2. The zero-order chi connectivity index (χ0) is 25.4. The second kappa shape index (κ2) is 16.3. The standard InChI is InChI=1S/C13H20N2O.C13H23NO.C2H3N/c1-2-9-15(10-8-14-12-16)11-13-6-4-3-5-7-13;1-9-3-10-5-11(4-9)7-13(2,6-10)8-12(14)15;1-2-3/h3-7,12H,2,8-11H2,1H3,(H,14,16);9-11H,3-8H2,1-2H3,(H2,14,15);1H3. The van der Waals surface area contributed by atoms with Gasteiger partial charge in [0, 0.05) is 33.0 Å². The van der Waals surface area contributed by atoms with Crippen molar-refractivity contribution in [1.29, 1.82) is 5.26 Å². The van der Waals surface area contributed by atoms with Crippen molar-refractivity contribution < 1.29 is 9.59 Å². The Hall–Kier alpha value is -2.39. The van der Waals surface area contributed by atoms with Gasteiger partial charge in [-0.3, -0.25) is 14.5 Å². The van der Waals surface area contributed by atoms with Gasteiger partial charge in [0.15, 0.2) is 0 Å². The maximum atomic E-state index is 11.1. The van der Waals surface area contributed by atoms with Crippen molar-refractivity contribution >= 4 is 12.3 Å². The fourth-order valence-electron chi connectivity index (χ4n) is 5.98. The number of rotatable bonds is 10. The molecule has 0 saturated heterocycles. The van der Waals surface area contributed by atoms with E-state index in [1.165, 1.54) is 44.6 Å². The number of carbonyl (C=O) groups excluding carboxylic acids is 2. The molecule has 34 heavy (non-hydrogen) atoms. The van der Waals surface area contributed by atoms with Crippen LogP contribution in [0.25, 0.3) is 0 Å². The van der Waals surface area contributed by atoms with Crippen LogP contribution in [0.3, 0.4) is 0 Å². The summed E-state index contributed by atoms with van der Waals surface area (Å²) in [5.41, 5.74) is 6.88. The molecule has 1 aromatic rings. The van der Waals surface area contributed by atoms with Gasteiger partial charge in [0.1, 0.15) is 0 Å². The maximum Gasteiger partial charge on any atom is 0.217 e. The summed E-state index contributed by atoms with van der Waals surface area (Å²) in [5, 5.41) is 10.0. The van der Waals surface area contributed by atoms with E-state index in [1.54, 1.807) is 6.07 Å². The van der Waals surface area contributed by atoms with Gasteiger partial charge in [-0.1, -0.05) is 51.1 Å². The molecule has 2 atom stereocenters. The first-order chi connectivity index (χ1) is 16.2. The molecule has 2 amide bonds. The first-order valence-electron chi connectivity index (χ1n) is 12.8. The van der Waals surface area contributed by atoms with Crippen molar-refractivity contribution in [2.24, 2.45) is 28.9 Å². The molecule has 2 aliphatic carbocycles. The van der Waals surface area contributed by atoms with Gasteiger partial charge < -0.3 is 11.1 Å². The van der Waals surface area contributed by atoms with Gasteiger partial charge in [-0.2, -0.15) is 5.26 Å². The number of nitrogens with two attached hydrogens (primary N) is 1. The lowest BCUT2D eigenvalue weighted by Crippen LogP contribution is -2.38. The molecule has 3 rings (SSSR count). The van der Waals surface area contributed by atoms with Crippen LogP contribution < -0.4 is 11.1 Å². The van der Waals surface area contributed by atoms with E-state index >= 15 is 0 Å². The van der Waals surface area contributed by atoms with E-state index < -0.39 is 0 Å². The van der Waals surface area contributed by atoms with Crippen molar-refractivity contribution in [2.75, 3.05) is 19.6 Å². The summed E-state index contributed by atoms with van der Waals surface area (Å²) in [5.74, 6) is 2.49. The number of amides is 2. The van der Waals surface area contributed by atoms with Crippen molar-refractivity contribution in [3.05, 3.63) is 35.9 Å². The second-order valence-electron chi connectivity index (χ2n) is 10.5. The quantitative estimate of drug-likeness (QED) is 0.376. The van der Waals surface area contributed by atoms with Crippen LogP contribution in [-0.2, 0) is 16.1 Å². The third-order valence-corrected chi connectivity index (χ3v) is 6.75. The van der Waals surface area contributed by atoms with Crippen molar-refractivity contribution in [3.8, 4) is 6.07 Å². The summed E-state index contributed by atoms with van der Waals surface area (Å²) >= 11 is 0. The highest BCUT2D eigenvalue weighted by atomic mass is 16.1. The largest absolute Gasteiger partial charge is 0.370 e. The van der Waals surface area contributed by atoms with Crippen molar-refractivity contribution in [2.45, 2.75) is 79.2 Å². The molecule has 0 heterocycles. The molecule has 0 radical (unpaired) electrons. The third-order valence-electron chi connectivity index (χ3n) is 6.75. The summed E-state index contributed by atoms with van der Waals surface area (Å²) in [6.07, 6.45) is 9.05. The van der Waals surface area contributed by atoms with Crippen LogP contribution in [0.1, 0.15) is 78.2 Å². The van der Waals surface area contributed by atoms with E-state index in [2.05, 4.69) is 55.3 Å². The molecule has 2 fully saturated rings. The third kappa shape index (κ3) is 12.2. The van der Waals surface area contributed by atoms with Crippen LogP contribution >= 0.6 is 0 Å². The minimum absolute atomic E-state index is 0.120. The Labute approximate surface area is 207 Å². The highest BCUT2D eigenvalue weighted by molar-refractivity contribution is 5.74. The number of primary amides is 1. The summed E-state index contributed by atoms with van der Waals surface area (Å²) in [6, 6.07) is 12.2. The van der Waals surface area contributed by atoms with Crippen molar-refractivity contribution in [3.63, 3.8) is 0 Å². The van der Waals surface area contributed by atoms with Crippen molar-refractivity contribution in [1.82, 2.24) is 10.2 Å². The average Bonchev–Trinajstić information content (AvgIpc) is 2.74. The molecular formula is C28H46N4O2. The molecule has 0 aromatic heterocycles. The predicted molar refractivity (Wildman–Crippen MR) is 139 cm³/mol. The fraction of sp³-hybridized carbons (Fsp3) is 0.679. The van der Waals surface area contributed by atoms with Gasteiger partial charge in [0.2, 0.25) is 12.3 Å². The number of hydrogen-bond acceptors (Lipinski definition) is 4. The van der Waals surface area contributed by atoms with Crippen LogP contribution in [0.2, 0.25) is 0 Å². The Morgan fingerprint density at radius 3 is 2.29 bits per heavy atom. The van der Waals surface area contributed by atoms with E-state index in [0.717, 1.165) is 56.8 Å². The van der Waals surface area contributed by atoms with Crippen LogP contribution in [-0.4, -0.2) is 36.9 Å². The number of carbonyl (C=O) groups is 2. The predicted octanol–water partition coefficient (Wildman–Crippen LogP) is 4.89. The lowest BCUT2D eigenvalue weighted by molar-refractivity contribution is -0.121. The molecule has 2 saturated carbocycles. The van der Waals surface area contributed by atoms with Gasteiger partial charge in [-0.15, -0.1) is 0 Å². The Balaban J connectivity index is 0.000000305. The smallest absolute Gasteiger partial charge is 0.217 e. The number of nitrogens with one attached hydrogen (secondary N) is 1. The van der Waals surface area contributed by atoms with E-state index in [4.69, 9.17) is 11.0 Å². The Kier molecular flexibility index (Phi) is 14.2. The minimum Gasteiger partial charge on any atom is -0.370 e. The molecular weight excluding hydrogens is 424 g/mol. The lowest BCUT2D eigenvalue weighted by atomic mass is 9.58. The lowest BCUT2D eigenvalue weighted by Gasteiger charge is -2.47. The molecule has 0 spiro atoms. The molecule has 2 bridgehead atoms. The van der Waals surface area contributed by atoms with E-state index in [-0.39, 0.29) is 11.3 Å². The van der Waals surface area contributed by atoms with Gasteiger partial charge in [0.25, 0.3) is 0 Å².